The number of carbonyl (C=O) groups excluding carboxylic acids is 3. The lowest BCUT2D eigenvalue weighted by Gasteiger charge is -2.20. The molecule has 1 aromatic carbocycles. The molecule has 0 bridgehead atoms. The first-order chi connectivity index (χ1) is 11.9. The van der Waals surface area contributed by atoms with E-state index >= 15 is 0 Å². The van der Waals surface area contributed by atoms with Crippen molar-refractivity contribution in [2.24, 2.45) is 0 Å². The molecule has 2 N–H and O–H groups in total. The van der Waals surface area contributed by atoms with Crippen LogP contribution in [0.5, 0.6) is 0 Å². The third-order valence-electron chi connectivity index (χ3n) is 3.25. The van der Waals surface area contributed by atoms with E-state index in [4.69, 9.17) is 4.74 Å². The molecule has 1 rings (SSSR count). The van der Waals surface area contributed by atoms with E-state index in [9.17, 15) is 22.8 Å². The van der Waals surface area contributed by atoms with E-state index in [0.717, 1.165) is 0 Å². The first-order valence-electron chi connectivity index (χ1n) is 7.75. The maximum atomic E-state index is 12.3. The van der Waals surface area contributed by atoms with Gasteiger partial charge in [-0.2, -0.15) is 4.72 Å². The fourth-order valence-electron chi connectivity index (χ4n) is 1.96. The number of rotatable bonds is 7. The summed E-state index contributed by atoms with van der Waals surface area (Å²) in [6.45, 7) is 4.06. The fourth-order valence-corrected chi connectivity index (χ4v) is 3.15. The molecule has 0 aliphatic heterocycles. The number of anilines is 1. The number of nitrogens with one attached hydrogen (secondary N) is 2. The van der Waals surface area contributed by atoms with Gasteiger partial charge in [0, 0.05) is 26.7 Å². The van der Waals surface area contributed by atoms with E-state index < -0.39 is 34.0 Å². The van der Waals surface area contributed by atoms with Crippen molar-refractivity contribution in [3.05, 3.63) is 24.3 Å². The molecular weight excluding hydrogens is 362 g/mol. The lowest BCUT2D eigenvalue weighted by molar-refractivity contribution is -0.159. The Balaban J connectivity index is 2.77. The van der Waals surface area contributed by atoms with Crippen molar-refractivity contribution in [1.82, 2.24) is 9.62 Å². The summed E-state index contributed by atoms with van der Waals surface area (Å²) in [6, 6.07) is 4.26. The normalized spacial score (nSPS) is 13.4. The highest BCUT2D eigenvalue weighted by Gasteiger charge is 2.26. The Morgan fingerprint density at radius 1 is 1.08 bits per heavy atom. The van der Waals surface area contributed by atoms with Gasteiger partial charge in [-0.15, -0.1) is 0 Å². The molecule has 0 spiro atoms. The van der Waals surface area contributed by atoms with Gasteiger partial charge in [-0.25, -0.2) is 8.42 Å². The van der Waals surface area contributed by atoms with Crippen LogP contribution in [0.3, 0.4) is 0 Å². The van der Waals surface area contributed by atoms with Crippen LogP contribution in [0.25, 0.3) is 0 Å². The first-order valence-corrected chi connectivity index (χ1v) is 9.24. The molecule has 144 valence electrons. The average Bonchev–Trinajstić information content (AvgIpc) is 2.53. The van der Waals surface area contributed by atoms with Crippen molar-refractivity contribution in [3.8, 4) is 0 Å². The second-order valence-electron chi connectivity index (χ2n) is 5.86. The van der Waals surface area contributed by atoms with Crippen LogP contribution in [0, 0.1) is 0 Å². The minimum absolute atomic E-state index is 0.0799. The number of nitrogens with zero attached hydrogens (tertiary/aromatic N) is 1. The topological polar surface area (TPSA) is 122 Å². The van der Waals surface area contributed by atoms with Gasteiger partial charge in [0.25, 0.3) is 5.91 Å². The van der Waals surface area contributed by atoms with Crippen molar-refractivity contribution in [2.75, 3.05) is 19.4 Å². The zero-order chi connectivity index (χ0) is 20.1. The Morgan fingerprint density at radius 2 is 1.62 bits per heavy atom. The molecule has 1 aromatic rings. The van der Waals surface area contributed by atoms with Gasteiger partial charge in [-0.05, 0) is 38.1 Å². The first kappa shape index (κ1) is 21.6. The highest BCUT2D eigenvalue weighted by molar-refractivity contribution is 7.89. The molecule has 9 nitrogen and oxygen atoms in total. The third kappa shape index (κ3) is 6.12. The molecule has 26 heavy (non-hydrogen) atoms. The number of hydrogen-bond donors (Lipinski definition) is 2. The lowest BCUT2D eigenvalue weighted by Crippen LogP contribution is -2.43. The maximum absolute atomic E-state index is 12.3. The van der Waals surface area contributed by atoms with E-state index in [1.165, 1.54) is 64.0 Å². The van der Waals surface area contributed by atoms with Crippen LogP contribution >= 0.6 is 0 Å². The number of benzene rings is 1. The Hall–Kier alpha value is -2.46. The molecule has 0 saturated carbocycles. The van der Waals surface area contributed by atoms with Crippen molar-refractivity contribution >= 4 is 33.5 Å². The molecule has 0 saturated heterocycles. The lowest BCUT2D eigenvalue weighted by atomic mass is 10.3. The minimum Gasteiger partial charge on any atom is -0.451 e. The predicted molar refractivity (Wildman–Crippen MR) is 94.8 cm³/mol. The highest BCUT2D eigenvalue weighted by Crippen LogP contribution is 2.14. The summed E-state index contributed by atoms with van der Waals surface area (Å²) in [7, 11) is -0.946. The number of carbonyl (C=O) groups is 3. The Kier molecular flexibility index (Phi) is 7.28. The SMILES string of the molecule is CC(=O)Nc1ccc(S(=O)(=O)N[C@@H](C)C(=O)O[C@@H](C)C(=O)N(C)C)cc1. The zero-order valence-electron chi connectivity index (χ0n) is 15.3. The standard InChI is InChI=1S/C16H23N3O6S/c1-10(16(22)25-11(2)15(21)19(4)5)18-26(23,24)14-8-6-13(7-9-14)17-12(3)20/h6-11,18H,1-5H3,(H,17,20)/t10-,11-/m0/s1. The van der Waals surface area contributed by atoms with Crippen molar-refractivity contribution < 1.29 is 27.5 Å². The summed E-state index contributed by atoms with van der Waals surface area (Å²) < 4.78 is 31.8. The van der Waals surface area contributed by atoms with Crippen LogP contribution in [0.2, 0.25) is 0 Å². The maximum Gasteiger partial charge on any atom is 0.324 e. The van der Waals surface area contributed by atoms with Crippen LogP contribution < -0.4 is 10.0 Å². The minimum atomic E-state index is -3.98. The summed E-state index contributed by atoms with van der Waals surface area (Å²) in [4.78, 5) is 35.9. The van der Waals surface area contributed by atoms with E-state index in [-0.39, 0.29) is 10.8 Å². The van der Waals surface area contributed by atoms with Gasteiger partial charge in [0.2, 0.25) is 15.9 Å². The van der Waals surface area contributed by atoms with Gasteiger partial charge >= 0.3 is 5.97 Å². The molecule has 0 heterocycles. The third-order valence-corrected chi connectivity index (χ3v) is 4.81. The number of sulfonamides is 1. The van der Waals surface area contributed by atoms with Crippen LogP contribution in [0.4, 0.5) is 5.69 Å². The summed E-state index contributed by atoms with van der Waals surface area (Å²) in [5.74, 6) is -1.57. The molecule has 2 atom stereocenters. The zero-order valence-corrected chi connectivity index (χ0v) is 16.1. The van der Waals surface area contributed by atoms with Gasteiger partial charge in [0.15, 0.2) is 6.10 Å². The van der Waals surface area contributed by atoms with Gasteiger partial charge in [0.05, 0.1) is 4.90 Å². The van der Waals surface area contributed by atoms with Crippen LogP contribution in [0.15, 0.2) is 29.2 Å². The number of likely N-dealkylation sites (N-methyl/N-ethyl adjacent to an activating group) is 1. The number of ether oxygens (including phenoxy) is 1. The van der Waals surface area contributed by atoms with Crippen LogP contribution in [-0.2, 0) is 29.1 Å². The molecular formula is C16H23N3O6S. The van der Waals surface area contributed by atoms with Gasteiger partial charge in [-0.3, -0.25) is 14.4 Å². The quantitative estimate of drug-likeness (QED) is 0.653. The van der Waals surface area contributed by atoms with E-state index in [1.807, 2.05) is 0 Å². The van der Waals surface area contributed by atoms with E-state index in [1.54, 1.807) is 0 Å². The van der Waals surface area contributed by atoms with E-state index in [0.29, 0.717) is 5.69 Å². The van der Waals surface area contributed by atoms with Crippen LogP contribution in [-0.4, -0.2) is 57.3 Å². The summed E-state index contributed by atoms with van der Waals surface area (Å²) in [5.41, 5.74) is 0.444. The summed E-state index contributed by atoms with van der Waals surface area (Å²) in [5, 5.41) is 2.52. The Labute approximate surface area is 152 Å². The summed E-state index contributed by atoms with van der Waals surface area (Å²) >= 11 is 0. The summed E-state index contributed by atoms with van der Waals surface area (Å²) in [6.07, 6.45) is -1.03. The second kappa shape index (κ2) is 8.77. The van der Waals surface area contributed by atoms with Crippen LogP contribution in [0.1, 0.15) is 20.8 Å². The highest BCUT2D eigenvalue weighted by atomic mass is 32.2. The number of hydrogen-bond acceptors (Lipinski definition) is 6. The van der Waals surface area contributed by atoms with Gasteiger partial charge < -0.3 is 15.0 Å². The van der Waals surface area contributed by atoms with Crippen molar-refractivity contribution in [2.45, 2.75) is 37.8 Å². The molecule has 0 aliphatic rings. The molecule has 0 fully saturated rings. The Morgan fingerprint density at radius 3 is 2.08 bits per heavy atom. The molecule has 0 radical (unpaired) electrons. The van der Waals surface area contributed by atoms with Gasteiger partial charge in [-0.1, -0.05) is 0 Å². The molecule has 2 amide bonds. The predicted octanol–water partition coefficient (Wildman–Crippen LogP) is 0.332. The van der Waals surface area contributed by atoms with Gasteiger partial charge in [0.1, 0.15) is 6.04 Å². The largest absolute Gasteiger partial charge is 0.451 e. The molecule has 0 aromatic heterocycles. The molecule has 10 heteroatoms. The average molecular weight is 385 g/mol. The molecule has 0 aliphatic carbocycles. The smallest absolute Gasteiger partial charge is 0.324 e. The fraction of sp³-hybridized carbons (Fsp3) is 0.438. The van der Waals surface area contributed by atoms with Crippen molar-refractivity contribution in [1.29, 1.82) is 0 Å². The van der Waals surface area contributed by atoms with Crippen molar-refractivity contribution in [3.63, 3.8) is 0 Å². The molecule has 0 unspecified atom stereocenters. The second-order valence-corrected chi connectivity index (χ2v) is 7.57. The number of amides is 2. The Bertz CT molecular complexity index is 774. The number of esters is 1. The monoisotopic (exact) mass is 385 g/mol. The van der Waals surface area contributed by atoms with E-state index in [2.05, 4.69) is 10.0 Å².